The van der Waals surface area contributed by atoms with Gasteiger partial charge >= 0.3 is 0 Å². The number of anilines is 2. The lowest BCUT2D eigenvalue weighted by atomic mass is 10.0. The Hall–Kier alpha value is -2.37. The number of benzene rings is 1. The monoisotopic (exact) mass is 316 g/mol. The molecule has 1 aromatic heterocycles. The van der Waals surface area contributed by atoms with Gasteiger partial charge in [-0.25, -0.2) is 4.39 Å². The third-order valence-electron chi connectivity index (χ3n) is 4.11. The van der Waals surface area contributed by atoms with Gasteiger partial charge in [-0.2, -0.15) is 5.10 Å². The molecule has 1 aromatic carbocycles. The van der Waals surface area contributed by atoms with Crippen LogP contribution in [0.15, 0.2) is 24.5 Å². The molecule has 1 unspecified atom stereocenters. The summed E-state index contributed by atoms with van der Waals surface area (Å²) in [5.41, 5.74) is 2.98. The summed E-state index contributed by atoms with van der Waals surface area (Å²) in [5, 5.41) is 10.2. The van der Waals surface area contributed by atoms with E-state index in [1.165, 1.54) is 6.07 Å². The van der Waals surface area contributed by atoms with Gasteiger partial charge in [-0.3, -0.25) is 9.48 Å². The van der Waals surface area contributed by atoms with Crippen molar-refractivity contribution in [2.45, 2.75) is 45.7 Å². The first-order valence-electron chi connectivity index (χ1n) is 7.87. The van der Waals surface area contributed by atoms with Crippen LogP contribution >= 0.6 is 0 Å². The smallest absolute Gasteiger partial charge is 0.224 e. The Labute approximate surface area is 134 Å². The topological polar surface area (TPSA) is 58.9 Å². The number of nitrogens with one attached hydrogen (secondary N) is 2. The first-order valence-corrected chi connectivity index (χ1v) is 7.87. The number of hydrogen-bond acceptors (Lipinski definition) is 3. The molecule has 2 heterocycles. The number of carbonyl (C=O) groups is 1. The van der Waals surface area contributed by atoms with Crippen molar-refractivity contribution in [3.63, 3.8) is 0 Å². The quantitative estimate of drug-likeness (QED) is 0.905. The normalized spacial score (nSPS) is 15.3. The van der Waals surface area contributed by atoms with Gasteiger partial charge in [0.25, 0.3) is 0 Å². The zero-order valence-electron chi connectivity index (χ0n) is 13.6. The van der Waals surface area contributed by atoms with Crippen molar-refractivity contribution in [1.29, 1.82) is 0 Å². The van der Waals surface area contributed by atoms with E-state index in [1.807, 2.05) is 17.8 Å². The fourth-order valence-electron chi connectivity index (χ4n) is 2.69. The van der Waals surface area contributed by atoms with Gasteiger partial charge in [0.15, 0.2) is 0 Å². The van der Waals surface area contributed by atoms with E-state index in [4.69, 9.17) is 0 Å². The molecule has 0 bridgehead atoms. The van der Waals surface area contributed by atoms with Crippen LogP contribution in [0.1, 0.15) is 50.4 Å². The van der Waals surface area contributed by atoms with Gasteiger partial charge in [0.05, 0.1) is 17.9 Å². The summed E-state index contributed by atoms with van der Waals surface area (Å²) < 4.78 is 16.2. The van der Waals surface area contributed by atoms with Crippen LogP contribution in [-0.2, 0) is 11.2 Å². The number of nitrogens with zero attached hydrogens (tertiary/aromatic N) is 2. The van der Waals surface area contributed by atoms with Crippen molar-refractivity contribution in [3.05, 3.63) is 41.5 Å². The Bertz CT molecular complexity index is 738. The number of aryl methyl sites for hydroxylation is 1. The number of carbonyl (C=O) groups excluding carboxylic acids is 1. The lowest BCUT2D eigenvalue weighted by Crippen LogP contribution is -2.19. The summed E-state index contributed by atoms with van der Waals surface area (Å²) in [6.45, 7) is 6.10. The molecule has 1 atom stereocenters. The van der Waals surface area contributed by atoms with Gasteiger partial charge in [0, 0.05) is 29.9 Å². The van der Waals surface area contributed by atoms with Crippen molar-refractivity contribution < 1.29 is 9.18 Å². The number of fused-ring (bicyclic) bond motifs is 1. The van der Waals surface area contributed by atoms with Gasteiger partial charge in [0.2, 0.25) is 5.91 Å². The summed E-state index contributed by atoms with van der Waals surface area (Å²) in [6, 6.07) is 3.40. The highest BCUT2D eigenvalue weighted by molar-refractivity contribution is 5.94. The molecule has 122 valence electrons. The number of rotatable bonds is 4. The molecule has 0 fully saturated rings. The van der Waals surface area contributed by atoms with E-state index in [0.29, 0.717) is 30.3 Å². The van der Waals surface area contributed by atoms with E-state index in [2.05, 4.69) is 29.6 Å². The third-order valence-corrected chi connectivity index (χ3v) is 4.11. The van der Waals surface area contributed by atoms with E-state index in [-0.39, 0.29) is 17.8 Å². The molecule has 23 heavy (non-hydrogen) atoms. The molecule has 1 aliphatic rings. The number of amides is 1. The third kappa shape index (κ3) is 3.21. The molecule has 6 heteroatoms. The molecule has 0 spiro atoms. The van der Waals surface area contributed by atoms with Crippen molar-refractivity contribution in [1.82, 2.24) is 9.78 Å². The van der Waals surface area contributed by atoms with Crippen LogP contribution in [0.25, 0.3) is 0 Å². The predicted molar refractivity (Wildman–Crippen MR) is 88.0 cm³/mol. The van der Waals surface area contributed by atoms with Crippen LogP contribution in [0.2, 0.25) is 0 Å². The van der Waals surface area contributed by atoms with E-state index in [9.17, 15) is 9.18 Å². The summed E-state index contributed by atoms with van der Waals surface area (Å²) >= 11 is 0. The molecule has 1 aliphatic heterocycles. The average molecular weight is 316 g/mol. The largest absolute Gasteiger partial charge is 0.376 e. The van der Waals surface area contributed by atoms with E-state index >= 15 is 0 Å². The van der Waals surface area contributed by atoms with E-state index < -0.39 is 0 Å². The number of aromatic nitrogens is 2. The second-order valence-electron chi connectivity index (χ2n) is 6.25. The molecule has 0 radical (unpaired) electrons. The average Bonchev–Trinajstić information content (AvgIpc) is 2.98. The van der Waals surface area contributed by atoms with Gasteiger partial charge in [-0.15, -0.1) is 0 Å². The standard InChI is InChI=1S/C17H21FN4O/c1-10(2)22-9-13(8-19-22)11(3)20-16-6-12-4-5-17(23)21-15(12)7-14(16)18/h6-11,20H,4-5H2,1-3H3,(H,21,23). The molecule has 0 saturated carbocycles. The molecule has 0 saturated heterocycles. The molecular weight excluding hydrogens is 295 g/mol. The maximum absolute atomic E-state index is 14.3. The van der Waals surface area contributed by atoms with Gasteiger partial charge < -0.3 is 10.6 Å². The summed E-state index contributed by atoms with van der Waals surface area (Å²) in [7, 11) is 0. The van der Waals surface area contributed by atoms with Crippen LogP contribution in [-0.4, -0.2) is 15.7 Å². The Morgan fingerprint density at radius 2 is 2.09 bits per heavy atom. The minimum Gasteiger partial charge on any atom is -0.376 e. The predicted octanol–water partition coefficient (Wildman–Crippen LogP) is 3.66. The molecule has 3 rings (SSSR count). The first-order chi connectivity index (χ1) is 10.9. The fraction of sp³-hybridized carbons (Fsp3) is 0.412. The SMILES string of the molecule is CC(Nc1cc2c(cc1F)NC(=O)CC2)c1cnn(C(C)C)c1. The first kappa shape index (κ1) is 15.5. The number of halogens is 1. The minimum atomic E-state index is -0.367. The Balaban J connectivity index is 1.80. The number of hydrogen-bond donors (Lipinski definition) is 2. The lowest BCUT2D eigenvalue weighted by molar-refractivity contribution is -0.116. The van der Waals surface area contributed by atoms with E-state index in [1.54, 1.807) is 12.3 Å². The molecule has 0 aliphatic carbocycles. The molecule has 1 amide bonds. The van der Waals surface area contributed by atoms with Gasteiger partial charge in [0.1, 0.15) is 5.82 Å². The van der Waals surface area contributed by atoms with Gasteiger partial charge in [-0.05, 0) is 44.9 Å². The lowest BCUT2D eigenvalue weighted by Gasteiger charge is -2.20. The summed E-state index contributed by atoms with van der Waals surface area (Å²) in [4.78, 5) is 11.4. The van der Waals surface area contributed by atoms with Crippen LogP contribution < -0.4 is 10.6 Å². The van der Waals surface area contributed by atoms with Crippen LogP contribution in [0, 0.1) is 5.82 Å². The van der Waals surface area contributed by atoms with Crippen LogP contribution in [0.4, 0.5) is 15.8 Å². The maximum Gasteiger partial charge on any atom is 0.224 e. The Kier molecular flexibility index (Phi) is 4.07. The van der Waals surface area contributed by atoms with Gasteiger partial charge in [-0.1, -0.05) is 0 Å². The Morgan fingerprint density at radius 3 is 2.78 bits per heavy atom. The zero-order valence-corrected chi connectivity index (χ0v) is 13.6. The highest BCUT2D eigenvalue weighted by Crippen LogP contribution is 2.30. The van der Waals surface area contributed by atoms with Crippen LogP contribution in [0.5, 0.6) is 0 Å². The van der Waals surface area contributed by atoms with Crippen molar-refractivity contribution >= 4 is 17.3 Å². The molecule has 2 aromatic rings. The summed E-state index contributed by atoms with van der Waals surface area (Å²) in [6.07, 6.45) is 4.84. The molecule has 2 N–H and O–H groups in total. The van der Waals surface area contributed by atoms with Crippen molar-refractivity contribution in [2.75, 3.05) is 10.6 Å². The van der Waals surface area contributed by atoms with Crippen LogP contribution in [0.3, 0.4) is 0 Å². The Morgan fingerprint density at radius 1 is 1.30 bits per heavy atom. The zero-order chi connectivity index (χ0) is 16.6. The maximum atomic E-state index is 14.3. The van der Waals surface area contributed by atoms with Crippen molar-refractivity contribution in [3.8, 4) is 0 Å². The highest BCUT2D eigenvalue weighted by Gasteiger charge is 2.19. The molecule has 5 nitrogen and oxygen atoms in total. The minimum absolute atomic E-state index is 0.0618. The van der Waals surface area contributed by atoms with Crippen molar-refractivity contribution in [2.24, 2.45) is 0 Å². The second kappa shape index (κ2) is 6.02. The molecular formula is C17H21FN4O. The van der Waals surface area contributed by atoms with E-state index in [0.717, 1.165) is 11.1 Å². The second-order valence-corrected chi connectivity index (χ2v) is 6.25. The fourth-order valence-corrected chi connectivity index (χ4v) is 2.69. The summed E-state index contributed by atoms with van der Waals surface area (Å²) in [5.74, 6) is -0.430. The highest BCUT2D eigenvalue weighted by atomic mass is 19.1.